The Morgan fingerprint density at radius 2 is 2.16 bits per heavy atom. The standard InChI is InChI=1S/C14H14FN3O/c1-9(10-4-2-5-11(15)8-10)18-14(19)12-6-3-7-17-13(12)16/h2-9H,1H3,(H2,16,17)(H,18,19). The average Bonchev–Trinajstić information content (AvgIpc) is 2.39. The fourth-order valence-corrected chi connectivity index (χ4v) is 1.74. The number of carbonyl (C=O) groups excluding carboxylic acids is 1. The third kappa shape index (κ3) is 3.07. The molecule has 0 bridgehead atoms. The molecule has 4 nitrogen and oxygen atoms in total. The zero-order chi connectivity index (χ0) is 13.8. The Hall–Kier alpha value is -2.43. The van der Waals surface area contributed by atoms with Crippen molar-refractivity contribution in [2.75, 3.05) is 5.73 Å². The lowest BCUT2D eigenvalue weighted by Gasteiger charge is -2.15. The van der Waals surface area contributed by atoms with Crippen molar-refractivity contribution in [3.8, 4) is 0 Å². The van der Waals surface area contributed by atoms with Gasteiger partial charge in [-0.15, -0.1) is 0 Å². The number of anilines is 1. The molecule has 98 valence electrons. The molecule has 1 unspecified atom stereocenters. The summed E-state index contributed by atoms with van der Waals surface area (Å²) in [5, 5.41) is 2.75. The van der Waals surface area contributed by atoms with Gasteiger partial charge in [-0.05, 0) is 36.8 Å². The lowest BCUT2D eigenvalue weighted by Crippen LogP contribution is -2.27. The number of rotatable bonds is 3. The predicted molar refractivity (Wildman–Crippen MR) is 70.9 cm³/mol. The van der Waals surface area contributed by atoms with E-state index in [1.807, 2.05) is 0 Å². The van der Waals surface area contributed by atoms with Gasteiger partial charge in [-0.2, -0.15) is 0 Å². The highest BCUT2D eigenvalue weighted by molar-refractivity contribution is 5.98. The number of amides is 1. The maximum Gasteiger partial charge on any atom is 0.255 e. The van der Waals surface area contributed by atoms with Crippen LogP contribution in [0.1, 0.15) is 28.9 Å². The molecule has 0 spiro atoms. The maximum atomic E-state index is 13.1. The van der Waals surface area contributed by atoms with Crippen molar-refractivity contribution < 1.29 is 9.18 Å². The number of aromatic nitrogens is 1. The zero-order valence-corrected chi connectivity index (χ0v) is 10.4. The second-order valence-electron chi connectivity index (χ2n) is 4.19. The van der Waals surface area contributed by atoms with Gasteiger partial charge in [0.2, 0.25) is 0 Å². The fraction of sp³-hybridized carbons (Fsp3) is 0.143. The summed E-state index contributed by atoms with van der Waals surface area (Å²) in [7, 11) is 0. The second kappa shape index (κ2) is 5.48. The van der Waals surface area contributed by atoms with Crippen LogP contribution in [-0.2, 0) is 0 Å². The smallest absolute Gasteiger partial charge is 0.255 e. The van der Waals surface area contributed by atoms with Crippen molar-refractivity contribution in [3.05, 3.63) is 59.5 Å². The molecule has 19 heavy (non-hydrogen) atoms. The average molecular weight is 259 g/mol. The Labute approximate surface area is 110 Å². The highest BCUT2D eigenvalue weighted by Gasteiger charge is 2.14. The van der Waals surface area contributed by atoms with Crippen LogP contribution < -0.4 is 11.1 Å². The fourth-order valence-electron chi connectivity index (χ4n) is 1.74. The highest BCUT2D eigenvalue weighted by Crippen LogP contribution is 2.15. The molecule has 5 heteroatoms. The van der Waals surface area contributed by atoms with Crippen LogP contribution in [0.25, 0.3) is 0 Å². The van der Waals surface area contributed by atoms with Crippen LogP contribution in [0.5, 0.6) is 0 Å². The molecule has 1 atom stereocenters. The third-order valence-electron chi connectivity index (χ3n) is 2.78. The summed E-state index contributed by atoms with van der Waals surface area (Å²) < 4.78 is 13.1. The second-order valence-corrected chi connectivity index (χ2v) is 4.19. The Morgan fingerprint density at radius 1 is 1.37 bits per heavy atom. The van der Waals surface area contributed by atoms with Gasteiger partial charge in [0.25, 0.3) is 5.91 Å². The topological polar surface area (TPSA) is 68.0 Å². The van der Waals surface area contributed by atoms with E-state index in [2.05, 4.69) is 10.3 Å². The SMILES string of the molecule is CC(NC(=O)c1cccnc1N)c1cccc(F)c1. The lowest BCUT2D eigenvalue weighted by molar-refractivity contribution is 0.0940. The maximum absolute atomic E-state index is 13.1. The molecular formula is C14H14FN3O. The van der Waals surface area contributed by atoms with Crippen LogP contribution >= 0.6 is 0 Å². The van der Waals surface area contributed by atoms with Crippen molar-refractivity contribution in [1.29, 1.82) is 0 Å². The molecule has 2 rings (SSSR count). The molecule has 0 aliphatic heterocycles. The Bertz CT molecular complexity index is 601. The summed E-state index contributed by atoms with van der Waals surface area (Å²) in [5.74, 6) is -0.492. The van der Waals surface area contributed by atoms with Crippen molar-refractivity contribution in [3.63, 3.8) is 0 Å². The molecule has 2 aromatic rings. The summed E-state index contributed by atoms with van der Waals surface area (Å²) in [6.45, 7) is 1.78. The quantitative estimate of drug-likeness (QED) is 0.888. The number of carbonyl (C=O) groups is 1. The zero-order valence-electron chi connectivity index (χ0n) is 10.4. The van der Waals surface area contributed by atoms with Crippen LogP contribution in [-0.4, -0.2) is 10.9 Å². The van der Waals surface area contributed by atoms with E-state index in [9.17, 15) is 9.18 Å². The van der Waals surface area contributed by atoms with Crippen molar-refractivity contribution >= 4 is 11.7 Å². The first-order chi connectivity index (χ1) is 9.08. The predicted octanol–water partition coefficient (Wildman–Crippen LogP) is 2.29. The van der Waals surface area contributed by atoms with Gasteiger partial charge in [-0.3, -0.25) is 4.79 Å². The van der Waals surface area contributed by atoms with Gasteiger partial charge in [0.15, 0.2) is 0 Å². The van der Waals surface area contributed by atoms with Crippen LogP contribution in [0.4, 0.5) is 10.2 Å². The van der Waals surface area contributed by atoms with Gasteiger partial charge in [0.1, 0.15) is 11.6 Å². The van der Waals surface area contributed by atoms with Crippen LogP contribution in [0.3, 0.4) is 0 Å². The van der Waals surface area contributed by atoms with Gasteiger partial charge in [0, 0.05) is 6.20 Å². The minimum Gasteiger partial charge on any atom is -0.383 e. The number of nitrogens with one attached hydrogen (secondary N) is 1. The lowest BCUT2D eigenvalue weighted by atomic mass is 10.1. The van der Waals surface area contributed by atoms with Gasteiger partial charge < -0.3 is 11.1 Å². The van der Waals surface area contributed by atoms with Crippen LogP contribution in [0.15, 0.2) is 42.6 Å². The van der Waals surface area contributed by atoms with E-state index in [0.29, 0.717) is 11.1 Å². The number of halogens is 1. The molecule has 0 saturated carbocycles. The molecule has 1 aromatic carbocycles. The summed E-state index contributed by atoms with van der Waals surface area (Å²) in [5.41, 5.74) is 6.63. The monoisotopic (exact) mass is 259 g/mol. The van der Waals surface area contributed by atoms with Gasteiger partial charge >= 0.3 is 0 Å². The molecule has 1 heterocycles. The summed E-state index contributed by atoms with van der Waals surface area (Å²) in [6.07, 6.45) is 1.52. The molecule has 0 saturated heterocycles. The van der Waals surface area contributed by atoms with Gasteiger partial charge in [0.05, 0.1) is 11.6 Å². The van der Waals surface area contributed by atoms with E-state index in [4.69, 9.17) is 5.73 Å². The molecule has 0 fully saturated rings. The van der Waals surface area contributed by atoms with E-state index >= 15 is 0 Å². The molecule has 0 radical (unpaired) electrons. The molecular weight excluding hydrogens is 245 g/mol. The number of hydrogen-bond acceptors (Lipinski definition) is 3. The van der Waals surface area contributed by atoms with E-state index in [-0.39, 0.29) is 23.6 Å². The molecule has 3 N–H and O–H groups in total. The van der Waals surface area contributed by atoms with E-state index in [1.165, 1.54) is 18.3 Å². The molecule has 1 amide bonds. The van der Waals surface area contributed by atoms with E-state index in [0.717, 1.165) is 0 Å². The third-order valence-corrected chi connectivity index (χ3v) is 2.78. The van der Waals surface area contributed by atoms with Crippen LogP contribution in [0, 0.1) is 5.82 Å². The van der Waals surface area contributed by atoms with Gasteiger partial charge in [-0.1, -0.05) is 12.1 Å². The first kappa shape index (κ1) is 13.0. The Morgan fingerprint density at radius 3 is 2.84 bits per heavy atom. The van der Waals surface area contributed by atoms with Crippen molar-refractivity contribution in [1.82, 2.24) is 10.3 Å². The van der Waals surface area contributed by atoms with Crippen molar-refractivity contribution in [2.24, 2.45) is 0 Å². The summed E-state index contributed by atoms with van der Waals surface area (Å²) >= 11 is 0. The molecule has 0 aliphatic rings. The normalized spacial score (nSPS) is 11.9. The number of nitrogens with two attached hydrogens (primary N) is 1. The summed E-state index contributed by atoms with van der Waals surface area (Å²) in [4.78, 5) is 15.9. The Balaban J connectivity index is 2.13. The van der Waals surface area contributed by atoms with Gasteiger partial charge in [-0.25, -0.2) is 9.37 Å². The minimum atomic E-state index is -0.334. The first-order valence-corrected chi connectivity index (χ1v) is 5.84. The number of pyridine rings is 1. The number of nitrogen functional groups attached to an aromatic ring is 1. The molecule has 1 aromatic heterocycles. The number of nitrogens with zero attached hydrogens (tertiary/aromatic N) is 1. The minimum absolute atomic E-state index is 0.173. The highest BCUT2D eigenvalue weighted by atomic mass is 19.1. The van der Waals surface area contributed by atoms with Crippen molar-refractivity contribution in [2.45, 2.75) is 13.0 Å². The van der Waals surface area contributed by atoms with E-state index < -0.39 is 0 Å². The summed E-state index contributed by atoms with van der Waals surface area (Å²) in [6, 6.07) is 9.01. The first-order valence-electron chi connectivity index (χ1n) is 5.84. The number of benzene rings is 1. The Kier molecular flexibility index (Phi) is 3.75. The number of hydrogen-bond donors (Lipinski definition) is 2. The molecule has 0 aliphatic carbocycles. The van der Waals surface area contributed by atoms with Crippen LogP contribution in [0.2, 0.25) is 0 Å². The largest absolute Gasteiger partial charge is 0.383 e. The van der Waals surface area contributed by atoms with E-state index in [1.54, 1.807) is 31.2 Å².